The molecule has 4 aliphatic rings. The molecule has 5 rings (SSSR count). The van der Waals surface area contributed by atoms with Crippen LogP contribution >= 0.6 is 0 Å². The monoisotopic (exact) mass is 484 g/mol. The van der Waals surface area contributed by atoms with Gasteiger partial charge in [0.25, 0.3) is 0 Å². The van der Waals surface area contributed by atoms with E-state index in [4.69, 9.17) is 9.47 Å². The summed E-state index contributed by atoms with van der Waals surface area (Å²) in [5.74, 6) is -0.365. The lowest BCUT2D eigenvalue weighted by Gasteiger charge is -2.64. The molecule has 7 atom stereocenters. The fourth-order valence-corrected chi connectivity index (χ4v) is 8.51. The summed E-state index contributed by atoms with van der Waals surface area (Å²) in [5, 5.41) is 12.1. The topological polar surface area (TPSA) is 108 Å². The van der Waals surface area contributed by atoms with E-state index in [0.717, 1.165) is 18.4 Å². The maximum atomic E-state index is 13.6. The Balaban J connectivity index is 1.56. The Bertz CT molecular complexity index is 1080. The smallest absolute Gasteiger partial charge is 0.438 e. The first-order valence-corrected chi connectivity index (χ1v) is 12.7. The maximum Gasteiger partial charge on any atom is 0.508 e. The van der Waals surface area contributed by atoms with Crippen molar-refractivity contribution in [2.24, 2.45) is 28.6 Å². The lowest BCUT2D eigenvalue weighted by atomic mass is 9.44. The number of hydrogen-bond acceptors (Lipinski definition) is 7. The van der Waals surface area contributed by atoms with E-state index >= 15 is 0 Å². The van der Waals surface area contributed by atoms with Gasteiger partial charge < -0.3 is 19.1 Å². The number of hydrogen-bond donors (Lipinski definition) is 1. The highest BCUT2D eigenvalue weighted by atomic mass is 16.7. The molecule has 3 saturated carbocycles. The molecule has 8 heteroatoms. The predicted molar refractivity (Wildman–Crippen MR) is 126 cm³/mol. The number of carbonyl (C=O) groups excluding carboxylic acids is 3. The summed E-state index contributed by atoms with van der Waals surface area (Å²) in [5.41, 5.74) is -2.41. The van der Waals surface area contributed by atoms with Crippen molar-refractivity contribution in [2.75, 3.05) is 7.11 Å². The Morgan fingerprint density at radius 3 is 2.66 bits per heavy atom. The molecule has 0 aliphatic heterocycles. The van der Waals surface area contributed by atoms with Gasteiger partial charge in [0.15, 0.2) is 11.6 Å². The van der Waals surface area contributed by atoms with Gasteiger partial charge in [-0.05, 0) is 56.4 Å². The number of methoxy groups -OCH3 is 1. The molecule has 0 spiro atoms. The van der Waals surface area contributed by atoms with Crippen LogP contribution in [0, 0.1) is 28.6 Å². The van der Waals surface area contributed by atoms with Crippen LogP contribution in [0.25, 0.3) is 0 Å². The molecular formula is C27H36N2O6. The lowest BCUT2D eigenvalue weighted by Crippen LogP contribution is -2.67. The molecule has 1 heterocycles. The van der Waals surface area contributed by atoms with Gasteiger partial charge in [-0.1, -0.05) is 26.3 Å². The molecule has 0 bridgehead atoms. The number of ketones is 2. The molecule has 0 saturated heterocycles. The van der Waals surface area contributed by atoms with Gasteiger partial charge in [-0.2, -0.15) is 0 Å². The van der Waals surface area contributed by atoms with Crippen LogP contribution in [0.4, 0.5) is 4.79 Å². The molecule has 8 nitrogen and oxygen atoms in total. The fraction of sp³-hybridized carbons (Fsp3) is 0.704. The standard InChI is InChI=1S/C27H36N2O6/c1-17-13-21-20-6-5-18-14-19(30)7-8-24(18,2)26(20,35-23(32)34-4)10-9-25(21,3)27(17,33)22(31)15-29-12-11-28-16-29/h11-12,14,16-17,20-21,33H,5-10,13,15H2,1-4H3/t17-,20-,21-,24-,25-,26+,27-/m0/s1. The van der Waals surface area contributed by atoms with E-state index in [-0.39, 0.29) is 35.9 Å². The van der Waals surface area contributed by atoms with Crippen LogP contribution in [0.15, 0.2) is 30.4 Å². The van der Waals surface area contributed by atoms with Crippen molar-refractivity contribution in [3.63, 3.8) is 0 Å². The fourth-order valence-electron chi connectivity index (χ4n) is 8.51. The third kappa shape index (κ3) is 3.14. The van der Waals surface area contributed by atoms with Crippen molar-refractivity contribution in [3.8, 4) is 0 Å². The molecular weight excluding hydrogens is 448 g/mol. The molecule has 0 unspecified atom stereocenters. The minimum Gasteiger partial charge on any atom is -0.438 e. The summed E-state index contributed by atoms with van der Waals surface area (Å²) in [4.78, 5) is 42.6. The van der Waals surface area contributed by atoms with E-state index < -0.39 is 28.2 Å². The molecule has 1 N–H and O–H groups in total. The number of aromatic nitrogens is 2. The third-order valence-electron chi connectivity index (χ3n) is 10.4. The first-order valence-electron chi connectivity index (χ1n) is 12.7. The average Bonchev–Trinajstić information content (AvgIpc) is 3.40. The van der Waals surface area contributed by atoms with E-state index in [9.17, 15) is 19.5 Å². The van der Waals surface area contributed by atoms with E-state index in [1.165, 1.54) is 7.11 Å². The number of aliphatic hydroxyl groups is 1. The summed E-state index contributed by atoms with van der Waals surface area (Å²) in [6, 6.07) is 0. The van der Waals surface area contributed by atoms with Gasteiger partial charge >= 0.3 is 6.16 Å². The highest BCUT2D eigenvalue weighted by molar-refractivity contribution is 5.92. The van der Waals surface area contributed by atoms with Gasteiger partial charge in [0.05, 0.1) is 20.0 Å². The predicted octanol–water partition coefficient (Wildman–Crippen LogP) is 3.87. The molecule has 1 aromatic heterocycles. The SMILES string of the molecule is COC(=O)O[C@]12CC[C@@]3(C)[C@@H](C[C@H](C)[C@]3(O)C(=O)Cn3ccnc3)[C@@H]1CCC1=CC(=O)CC[C@@]12C. The van der Waals surface area contributed by atoms with Crippen molar-refractivity contribution >= 4 is 17.7 Å². The van der Waals surface area contributed by atoms with E-state index in [1.807, 2.05) is 13.8 Å². The Hall–Kier alpha value is -2.48. The largest absolute Gasteiger partial charge is 0.508 e. The minimum absolute atomic E-state index is 0.0105. The van der Waals surface area contributed by atoms with Crippen LogP contribution in [0.3, 0.4) is 0 Å². The minimum atomic E-state index is -1.49. The molecule has 1 aromatic rings. The van der Waals surface area contributed by atoms with Gasteiger partial charge in [0.2, 0.25) is 0 Å². The Labute approximate surface area is 206 Å². The first-order chi connectivity index (χ1) is 16.5. The summed E-state index contributed by atoms with van der Waals surface area (Å²) in [6.07, 6.45) is 10.3. The molecule has 0 aromatic carbocycles. The second-order valence-corrected chi connectivity index (χ2v) is 11.6. The van der Waals surface area contributed by atoms with Crippen molar-refractivity contribution in [2.45, 2.75) is 83.5 Å². The number of imidazole rings is 1. The van der Waals surface area contributed by atoms with Crippen molar-refractivity contribution in [1.82, 2.24) is 9.55 Å². The van der Waals surface area contributed by atoms with Crippen LogP contribution in [0.5, 0.6) is 0 Å². The van der Waals surface area contributed by atoms with Crippen LogP contribution in [0.2, 0.25) is 0 Å². The molecule has 35 heavy (non-hydrogen) atoms. The number of Topliss-reactive ketones (excluding diaryl/α,β-unsaturated/α-hetero) is 1. The summed E-state index contributed by atoms with van der Waals surface area (Å²) in [7, 11) is 1.32. The van der Waals surface area contributed by atoms with E-state index in [2.05, 4.69) is 11.9 Å². The van der Waals surface area contributed by atoms with Crippen LogP contribution in [0.1, 0.15) is 65.7 Å². The first kappa shape index (κ1) is 24.2. The number of fused-ring (bicyclic) bond motifs is 5. The zero-order chi connectivity index (χ0) is 25.2. The normalized spacial score (nSPS) is 42.4. The second kappa shape index (κ2) is 8.02. The molecule has 190 valence electrons. The van der Waals surface area contributed by atoms with E-state index in [1.54, 1.807) is 29.4 Å². The average molecular weight is 485 g/mol. The molecule has 0 radical (unpaired) electrons. The van der Waals surface area contributed by atoms with Gasteiger partial charge in [-0.15, -0.1) is 0 Å². The van der Waals surface area contributed by atoms with Crippen molar-refractivity contribution in [3.05, 3.63) is 30.4 Å². The highest BCUT2D eigenvalue weighted by Crippen LogP contribution is 2.71. The van der Waals surface area contributed by atoms with Crippen LogP contribution < -0.4 is 0 Å². The lowest BCUT2D eigenvalue weighted by molar-refractivity contribution is -0.217. The molecule has 4 aliphatic carbocycles. The van der Waals surface area contributed by atoms with E-state index in [0.29, 0.717) is 32.1 Å². The maximum absolute atomic E-state index is 13.6. The molecule has 3 fully saturated rings. The van der Waals surface area contributed by atoms with Gasteiger partial charge in [0.1, 0.15) is 11.2 Å². The van der Waals surface area contributed by atoms with Crippen LogP contribution in [-0.4, -0.2) is 50.7 Å². The Kier molecular flexibility index (Phi) is 5.55. The van der Waals surface area contributed by atoms with Crippen LogP contribution in [-0.2, 0) is 25.6 Å². The summed E-state index contributed by atoms with van der Waals surface area (Å²) >= 11 is 0. The van der Waals surface area contributed by atoms with Gasteiger partial charge in [-0.3, -0.25) is 9.59 Å². The number of nitrogens with zero attached hydrogens (tertiary/aromatic N) is 2. The third-order valence-corrected chi connectivity index (χ3v) is 10.4. The number of rotatable bonds is 4. The summed E-state index contributed by atoms with van der Waals surface area (Å²) in [6.45, 7) is 6.21. The highest BCUT2D eigenvalue weighted by Gasteiger charge is 2.73. The second-order valence-electron chi connectivity index (χ2n) is 11.6. The molecule has 0 amide bonds. The zero-order valence-electron chi connectivity index (χ0n) is 21.1. The van der Waals surface area contributed by atoms with Crippen molar-refractivity contribution < 1.29 is 29.0 Å². The Morgan fingerprint density at radius 1 is 1.20 bits per heavy atom. The Morgan fingerprint density at radius 2 is 1.97 bits per heavy atom. The number of carbonyl (C=O) groups is 3. The number of ether oxygens (including phenoxy) is 2. The zero-order valence-corrected chi connectivity index (χ0v) is 21.1. The van der Waals surface area contributed by atoms with Gasteiger partial charge in [-0.25, -0.2) is 9.78 Å². The van der Waals surface area contributed by atoms with Crippen molar-refractivity contribution in [1.29, 1.82) is 0 Å². The summed E-state index contributed by atoms with van der Waals surface area (Å²) < 4.78 is 12.9. The van der Waals surface area contributed by atoms with Gasteiger partial charge in [0, 0.05) is 35.6 Å². The quantitative estimate of drug-likeness (QED) is 0.647.